The fourth-order valence-corrected chi connectivity index (χ4v) is 4.84. The number of hydrogen-bond donors (Lipinski definition) is 2. The van der Waals surface area contributed by atoms with Gasteiger partial charge in [0.1, 0.15) is 0 Å². The second-order valence-corrected chi connectivity index (χ2v) is 9.56. The van der Waals surface area contributed by atoms with Crippen molar-refractivity contribution in [1.29, 1.82) is 0 Å². The summed E-state index contributed by atoms with van der Waals surface area (Å²) in [6.07, 6.45) is 1.94. The number of nitrogens with one attached hydrogen (secondary N) is 1. The lowest BCUT2D eigenvalue weighted by atomic mass is 10.1. The number of para-hydroxylation sites is 1. The number of aliphatic hydroxyl groups is 1. The van der Waals surface area contributed by atoms with Crippen LogP contribution in [0.25, 0.3) is 22.2 Å². The molecule has 2 aromatic carbocycles. The zero-order chi connectivity index (χ0) is 19.9. The minimum Gasteiger partial charge on any atom is -0.394 e. The summed E-state index contributed by atoms with van der Waals surface area (Å²) in [5.41, 5.74) is 3.65. The molecule has 1 aromatic heterocycles. The zero-order valence-corrected chi connectivity index (χ0v) is 16.9. The molecule has 1 aliphatic heterocycles. The number of H-pyrrole nitrogens is 1. The van der Waals surface area contributed by atoms with Crippen molar-refractivity contribution in [3.8, 4) is 11.3 Å². The van der Waals surface area contributed by atoms with Crippen LogP contribution < -0.4 is 4.90 Å². The second kappa shape index (κ2) is 7.24. The molecule has 2 N–H and O–H groups in total. The van der Waals surface area contributed by atoms with Gasteiger partial charge in [0.15, 0.2) is 0 Å². The molecule has 4 rings (SSSR count). The fraction of sp³-hybridized carbons (Fsp3) is 0.333. The van der Waals surface area contributed by atoms with Gasteiger partial charge in [0.05, 0.1) is 17.5 Å². The number of nitrogens with zero attached hydrogens (tertiary/aromatic N) is 2. The van der Waals surface area contributed by atoms with Gasteiger partial charge in [-0.25, -0.2) is 12.7 Å². The van der Waals surface area contributed by atoms with E-state index in [9.17, 15) is 13.5 Å². The van der Waals surface area contributed by atoms with Crippen LogP contribution in [-0.2, 0) is 10.0 Å². The quantitative estimate of drug-likeness (QED) is 0.691. The van der Waals surface area contributed by atoms with Crippen LogP contribution >= 0.6 is 0 Å². The summed E-state index contributed by atoms with van der Waals surface area (Å²) < 4.78 is 26.6. The molecular weight excluding hydrogens is 374 g/mol. The highest BCUT2D eigenvalue weighted by Crippen LogP contribution is 2.37. The van der Waals surface area contributed by atoms with Crippen LogP contribution in [0.4, 0.5) is 5.69 Å². The molecule has 7 heteroatoms. The third-order valence-corrected chi connectivity index (χ3v) is 7.28. The third kappa shape index (κ3) is 3.19. The van der Waals surface area contributed by atoms with Gasteiger partial charge in [0.2, 0.25) is 10.0 Å². The minimum absolute atomic E-state index is 0.0550. The number of aromatic nitrogens is 1. The summed E-state index contributed by atoms with van der Waals surface area (Å²) in [7, 11) is -0.474. The summed E-state index contributed by atoms with van der Waals surface area (Å²) in [5.74, 6) is 0. The van der Waals surface area contributed by atoms with Crippen LogP contribution in [-0.4, -0.2) is 56.1 Å². The summed E-state index contributed by atoms with van der Waals surface area (Å²) in [6.45, 7) is 0.933. The highest BCUT2D eigenvalue weighted by atomic mass is 32.2. The smallest absolute Gasteiger partial charge is 0.242 e. The predicted molar refractivity (Wildman–Crippen MR) is 112 cm³/mol. The largest absolute Gasteiger partial charge is 0.394 e. The SMILES string of the molecule is CN(C)S(=O)(=O)c1ccc(N2CCC[C@H]2CO)c(-c2cc3ccccc3[nH]2)c1. The Balaban J connectivity index is 1.91. The number of aromatic amines is 1. The molecule has 0 aliphatic carbocycles. The van der Waals surface area contributed by atoms with Crippen LogP contribution in [0.2, 0.25) is 0 Å². The summed E-state index contributed by atoms with van der Waals surface area (Å²) >= 11 is 0. The van der Waals surface area contributed by atoms with Gasteiger partial charge in [-0.2, -0.15) is 0 Å². The van der Waals surface area contributed by atoms with Crippen LogP contribution in [0.1, 0.15) is 12.8 Å². The number of fused-ring (bicyclic) bond motifs is 1. The minimum atomic E-state index is -3.55. The van der Waals surface area contributed by atoms with Crippen LogP contribution in [0.15, 0.2) is 53.4 Å². The highest BCUT2D eigenvalue weighted by molar-refractivity contribution is 7.89. The fourth-order valence-electron chi connectivity index (χ4n) is 3.91. The molecule has 0 amide bonds. The van der Waals surface area contributed by atoms with Crippen molar-refractivity contribution in [2.75, 3.05) is 32.1 Å². The van der Waals surface area contributed by atoms with Crippen molar-refractivity contribution in [3.05, 3.63) is 48.5 Å². The van der Waals surface area contributed by atoms with E-state index in [2.05, 4.69) is 9.88 Å². The molecule has 1 atom stereocenters. The number of rotatable bonds is 5. The Labute approximate surface area is 165 Å². The molecule has 1 saturated heterocycles. The lowest BCUT2D eigenvalue weighted by molar-refractivity contribution is 0.266. The van der Waals surface area contributed by atoms with E-state index in [1.165, 1.54) is 18.4 Å². The van der Waals surface area contributed by atoms with Crippen molar-refractivity contribution < 1.29 is 13.5 Å². The van der Waals surface area contributed by atoms with Crippen molar-refractivity contribution >= 4 is 26.6 Å². The molecule has 1 aliphatic rings. The first-order chi connectivity index (χ1) is 13.4. The first kappa shape index (κ1) is 19.0. The van der Waals surface area contributed by atoms with E-state index >= 15 is 0 Å². The van der Waals surface area contributed by atoms with E-state index in [0.29, 0.717) is 0 Å². The maximum atomic E-state index is 12.7. The summed E-state index contributed by atoms with van der Waals surface area (Å²) in [5, 5.41) is 10.9. The Morgan fingerprint density at radius 3 is 2.68 bits per heavy atom. The Morgan fingerprint density at radius 1 is 1.18 bits per heavy atom. The van der Waals surface area contributed by atoms with Crippen molar-refractivity contribution in [1.82, 2.24) is 9.29 Å². The molecule has 0 spiro atoms. The third-order valence-electron chi connectivity index (χ3n) is 5.46. The van der Waals surface area contributed by atoms with Crippen LogP contribution in [0, 0.1) is 0 Å². The molecule has 148 valence electrons. The number of sulfonamides is 1. The molecule has 0 radical (unpaired) electrons. The van der Waals surface area contributed by atoms with E-state index in [4.69, 9.17) is 0 Å². The first-order valence-corrected chi connectivity index (χ1v) is 10.9. The van der Waals surface area contributed by atoms with E-state index in [1.807, 2.05) is 36.4 Å². The standard InChI is InChI=1S/C21H25N3O3S/c1-23(2)28(26,27)17-9-10-21(24-11-5-7-16(24)14-25)18(13-17)20-12-15-6-3-4-8-19(15)22-20/h3-4,6,8-10,12-13,16,22,25H,5,7,11,14H2,1-2H3/t16-/m0/s1. The van der Waals surface area contributed by atoms with Crippen molar-refractivity contribution in [2.45, 2.75) is 23.8 Å². The number of hydrogen-bond acceptors (Lipinski definition) is 4. The highest BCUT2D eigenvalue weighted by Gasteiger charge is 2.28. The average Bonchev–Trinajstić information content (AvgIpc) is 3.33. The predicted octanol–water partition coefficient (Wildman–Crippen LogP) is 3.05. The van der Waals surface area contributed by atoms with Gasteiger partial charge in [-0.05, 0) is 43.2 Å². The lowest BCUT2D eigenvalue weighted by Crippen LogP contribution is -2.32. The van der Waals surface area contributed by atoms with Gasteiger partial charge < -0.3 is 15.0 Å². The lowest BCUT2D eigenvalue weighted by Gasteiger charge is -2.28. The van der Waals surface area contributed by atoms with E-state index in [1.54, 1.807) is 12.1 Å². The maximum absolute atomic E-state index is 12.7. The Kier molecular flexibility index (Phi) is 4.91. The molecule has 2 heterocycles. The molecule has 0 unspecified atom stereocenters. The molecule has 0 saturated carbocycles. The maximum Gasteiger partial charge on any atom is 0.242 e. The molecule has 3 aromatic rings. The zero-order valence-electron chi connectivity index (χ0n) is 16.1. The molecular formula is C21H25N3O3S. The van der Waals surface area contributed by atoms with Crippen LogP contribution in [0.5, 0.6) is 0 Å². The van der Waals surface area contributed by atoms with E-state index in [0.717, 1.165) is 47.2 Å². The van der Waals surface area contributed by atoms with Gasteiger partial charge in [0, 0.05) is 48.5 Å². The summed E-state index contributed by atoms with van der Waals surface area (Å²) in [6, 6.07) is 15.3. The van der Waals surface area contributed by atoms with Gasteiger partial charge in [-0.1, -0.05) is 18.2 Å². The summed E-state index contributed by atoms with van der Waals surface area (Å²) in [4.78, 5) is 5.87. The van der Waals surface area contributed by atoms with Crippen LogP contribution in [0.3, 0.4) is 0 Å². The monoisotopic (exact) mass is 399 g/mol. The molecule has 6 nitrogen and oxygen atoms in total. The van der Waals surface area contributed by atoms with Crippen molar-refractivity contribution in [3.63, 3.8) is 0 Å². The Morgan fingerprint density at radius 2 is 1.96 bits per heavy atom. The topological polar surface area (TPSA) is 76.6 Å². The number of anilines is 1. The van der Waals surface area contributed by atoms with Gasteiger partial charge >= 0.3 is 0 Å². The number of benzene rings is 2. The molecule has 28 heavy (non-hydrogen) atoms. The Hall–Kier alpha value is -2.35. The van der Waals surface area contributed by atoms with E-state index < -0.39 is 10.0 Å². The second-order valence-electron chi connectivity index (χ2n) is 7.41. The van der Waals surface area contributed by atoms with Gasteiger partial charge in [0.25, 0.3) is 0 Å². The van der Waals surface area contributed by atoms with Gasteiger partial charge in [-0.15, -0.1) is 0 Å². The number of aliphatic hydroxyl groups excluding tert-OH is 1. The normalized spacial score (nSPS) is 17.7. The first-order valence-electron chi connectivity index (χ1n) is 9.44. The molecule has 0 bridgehead atoms. The van der Waals surface area contributed by atoms with Crippen molar-refractivity contribution in [2.24, 2.45) is 0 Å². The molecule has 1 fully saturated rings. The Bertz CT molecular complexity index is 1070. The average molecular weight is 400 g/mol. The van der Waals surface area contributed by atoms with E-state index in [-0.39, 0.29) is 17.5 Å². The van der Waals surface area contributed by atoms with Gasteiger partial charge in [-0.3, -0.25) is 0 Å².